The molecule has 8 heteroatoms. The van der Waals surface area contributed by atoms with Crippen molar-refractivity contribution in [1.82, 2.24) is 10.2 Å². The molecule has 0 aromatic rings. The number of nitrogens with one attached hydrogen (secondary N) is 1. The number of hydrogen-bond donors (Lipinski definition) is 2. The zero-order valence-corrected chi connectivity index (χ0v) is 13.0. The van der Waals surface area contributed by atoms with Crippen LogP contribution in [0.5, 0.6) is 0 Å². The summed E-state index contributed by atoms with van der Waals surface area (Å²) in [5, 5.41) is 12.1. The Morgan fingerprint density at radius 3 is 2.48 bits per heavy atom. The van der Waals surface area contributed by atoms with Gasteiger partial charge in [-0.05, 0) is 32.6 Å². The van der Waals surface area contributed by atoms with Gasteiger partial charge in [-0.25, -0.2) is 13.2 Å². The summed E-state index contributed by atoms with van der Waals surface area (Å²) in [7, 11) is -2.95. The minimum Gasteiger partial charge on any atom is -0.481 e. The van der Waals surface area contributed by atoms with E-state index in [-0.39, 0.29) is 30.1 Å². The molecule has 2 amide bonds. The first kappa shape index (κ1) is 16.1. The second-order valence-electron chi connectivity index (χ2n) is 6.27. The Kier molecular flexibility index (Phi) is 4.46. The fourth-order valence-electron chi connectivity index (χ4n) is 2.89. The van der Waals surface area contributed by atoms with Gasteiger partial charge in [0.05, 0.1) is 16.9 Å². The number of carbonyl (C=O) groups excluding carboxylic acids is 1. The lowest BCUT2D eigenvalue weighted by Gasteiger charge is -2.38. The molecule has 2 N–H and O–H groups in total. The van der Waals surface area contributed by atoms with Gasteiger partial charge in [-0.3, -0.25) is 4.79 Å². The van der Waals surface area contributed by atoms with Crippen LogP contribution in [-0.4, -0.2) is 61.1 Å². The molecule has 120 valence electrons. The van der Waals surface area contributed by atoms with Crippen LogP contribution in [0.4, 0.5) is 4.79 Å². The number of likely N-dealkylation sites (tertiary alicyclic amines) is 1. The van der Waals surface area contributed by atoms with E-state index in [0.717, 1.165) is 0 Å². The molecule has 0 aromatic heterocycles. The van der Waals surface area contributed by atoms with E-state index in [2.05, 4.69) is 5.32 Å². The Morgan fingerprint density at radius 1 is 1.29 bits per heavy atom. The standard InChI is InChI=1S/C13H22N2O5S/c1-13(11(16)17)5-2-6-15(9-13)12(18)14-10-3-7-21(19,20)8-4-10/h10H,2-9H2,1H3,(H,14,18)(H,16,17). The number of piperidine rings is 1. The van der Waals surface area contributed by atoms with Crippen LogP contribution < -0.4 is 5.32 Å². The molecule has 1 atom stereocenters. The molecule has 2 aliphatic rings. The number of carboxylic acids is 1. The Hall–Kier alpha value is -1.31. The van der Waals surface area contributed by atoms with Gasteiger partial charge in [0, 0.05) is 19.1 Å². The molecule has 1 unspecified atom stereocenters. The second-order valence-corrected chi connectivity index (χ2v) is 8.57. The summed E-state index contributed by atoms with van der Waals surface area (Å²) in [6.45, 7) is 2.39. The number of carbonyl (C=O) groups is 2. The molecular weight excluding hydrogens is 296 g/mol. The van der Waals surface area contributed by atoms with Crippen molar-refractivity contribution in [2.75, 3.05) is 24.6 Å². The second kappa shape index (κ2) is 5.82. The highest BCUT2D eigenvalue weighted by Gasteiger charge is 2.39. The zero-order chi connectivity index (χ0) is 15.7. The van der Waals surface area contributed by atoms with Crippen molar-refractivity contribution in [2.24, 2.45) is 5.41 Å². The van der Waals surface area contributed by atoms with Gasteiger partial charge >= 0.3 is 12.0 Å². The third-order valence-electron chi connectivity index (χ3n) is 4.38. The molecule has 2 fully saturated rings. The van der Waals surface area contributed by atoms with Crippen molar-refractivity contribution in [3.63, 3.8) is 0 Å². The molecule has 2 rings (SSSR count). The van der Waals surface area contributed by atoms with Gasteiger partial charge in [-0.2, -0.15) is 0 Å². The molecule has 0 spiro atoms. The van der Waals surface area contributed by atoms with E-state index in [1.807, 2.05) is 0 Å². The van der Waals surface area contributed by atoms with Gasteiger partial charge in [0.25, 0.3) is 0 Å². The number of carboxylic acid groups (broad SMARTS) is 1. The van der Waals surface area contributed by atoms with Gasteiger partial charge in [-0.1, -0.05) is 0 Å². The molecule has 0 aromatic carbocycles. The van der Waals surface area contributed by atoms with Crippen molar-refractivity contribution in [1.29, 1.82) is 0 Å². The summed E-state index contributed by atoms with van der Waals surface area (Å²) in [4.78, 5) is 25.0. The quantitative estimate of drug-likeness (QED) is 0.770. The molecule has 0 radical (unpaired) electrons. The number of nitrogens with zero attached hydrogens (tertiary/aromatic N) is 1. The van der Waals surface area contributed by atoms with E-state index < -0.39 is 21.2 Å². The van der Waals surface area contributed by atoms with Crippen molar-refractivity contribution in [2.45, 2.75) is 38.6 Å². The van der Waals surface area contributed by atoms with Crippen LogP contribution in [0.15, 0.2) is 0 Å². The summed E-state index contributed by atoms with van der Waals surface area (Å²) in [5.74, 6) is -0.681. The fraction of sp³-hybridized carbons (Fsp3) is 0.846. The van der Waals surface area contributed by atoms with E-state index in [1.165, 1.54) is 4.90 Å². The van der Waals surface area contributed by atoms with Gasteiger partial charge in [0.15, 0.2) is 0 Å². The Bertz CT molecular complexity index is 519. The lowest BCUT2D eigenvalue weighted by molar-refractivity contribution is -0.150. The summed E-state index contributed by atoms with van der Waals surface area (Å²) >= 11 is 0. The maximum atomic E-state index is 12.2. The predicted octanol–water partition coefficient (Wildman–Crippen LogP) is 0.460. The molecule has 21 heavy (non-hydrogen) atoms. The highest BCUT2D eigenvalue weighted by Crippen LogP contribution is 2.29. The van der Waals surface area contributed by atoms with E-state index in [9.17, 15) is 23.1 Å². The van der Waals surface area contributed by atoms with Crippen LogP contribution in [-0.2, 0) is 14.6 Å². The maximum Gasteiger partial charge on any atom is 0.317 e. The number of aliphatic carboxylic acids is 1. The fourth-order valence-corrected chi connectivity index (χ4v) is 4.38. The number of hydrogen-bond acceptors (Lipinski definition) is 4. The molecule has 7 nitrogen and oxygen atoms in total. The molecule has 2 heterocycles. The summed E-state index contributed by atoms with van der Waals surface area (Å²) in [6, 6.07) is -0.425. The van der Waals surface area contributed by atoms with Crippen molar-refractivity contribution in [3.8, 4) is 0 Å². The lowest BCUT2D eigenvalue weighted by Crippen LogP contribution is -2.54. The van der Waals surface area contributed by atoms with Crippen LogP contribution in [0.3, 0.4) is 0 Å². The smallest absolute Gasteiger partial charge is 0.317 e. The third-order valence-corrected chi connectivity index (χ3v) is 6.10. The van der Waals surface area contributed by atoms with Gasteiger partial charge in [0.1, 0.15) is 9.84 Å². The van der Waals surface area contributed by atoms with Crippen LogP contribution in [0.1, 0.15) is 32.6 Å². The average molecular weight is 318 g/mol. The van der Waals surface area contributed by atoms with Crippen LogP contribution >= 0.6 is 0 Å². The zero-order valence-electron chi connectivity index (χ0n) is 12.2. The van der Waals surface area contributed by atoms with Gasteiger partial charge < -0.3 is 15.3 Å². The largest absolute Gasteiger partial charge is 0.481 e. The highest BCUT2D eigenvalue weighted by atomic mass is 32.2. The van der Waals surface area contributed by atoms with Crippen molar-refractivity contribution in [3.05, 3.63) is 0 Å². The van der Waals surface area contributed by atoms with Crippen LogP contribution in [0.2, 0.25) is 0 Å². The van der Waals surface area contributed by atoms with Crippen LogP contribution in [0, 0.1) is 5.41 Å². The maximum absolute atomic E-state index is 12.2. The van der Waals surface area contributed by atoms with E-state index in [4.69, 9.17) is 0 Å². The molecule has 0 bridgehead atoms. The molecule has 0 saturated carbocycles. The molecular formula is C13H22N2O5S. The Morgan fingerprint density at radius 2 is 1.90 bits per heavy atom. The molecule has 2 aliphatic heterocycles. The topological polar surface area (TPSA) is 104 Å². The molecule has 2 saturated heterocycles. The first-order chi connectivity index (χ1) is 9.72. The van der Waals surface area contributed by atoms with Gasteiger partial charge in [-0.15, -0.1) is 0 Å². The van der Waals surface area contributed by atoms with Gasteiger partial charge in [0.2, 0.25) is 0 Å². The number of urea groups is 1. The minimum atomic E-state index is -2.95. The van der Waals surface area contributed by atoms with Crippen molar-refractivity contribution < 1.29 is 23.1 Å². The van der Waals surface area contributed by atoms with Crippen molar-refractivity contribution >= 4 is 21.8 Å². The number of amides is 2. The summed E-state index contributed by atoms with van der Waals surface area (Å²) in [5.41, 5.74) is -0.897. The SMILES string of the molecule is CC1(C(=O)O)CCCN(C(=O)NC2CCS(=O)(=O)CC2)C1. The number of sulfone groups is 1. The normalized spacial score (nSPS) is 29.9. The number of rotatable bonds is 2. The lowest BCUT2D eigenvalue weighted by atomic mass is 9.82. The van der Waals surface area contributed by atoms with Crippen LogP contribution in [0.25, 0.3) is 0 Å². The van der Waals surface area contributed by atoms with E-state index >= 15 is 0 Å². The predicted molar refractivity (Wildman–Crippen MR) is 76.8 cm³/mol. The Balaban J connectivity index is 1.90. The summed E-state index contributed by atoms with van der Waals surface area (Å²) in [6.07, 6.45) is 2.08. The monoisotopic (exact) mass is 318 g/mol. The first-order valence-corrected chi connectivity index (χ1v) is 9.03. The molecule has 0 aliphatic carbocycles. The minimum absolute atomic E-state index is 0.102. The van der Waals surface area contributed by atoms with E-state index in [0.29, 0.717) is 32.2 Å². The highest BCUT2D eigenvalue weighted by molar-refractivity contribution is 7.91. The Labute approximate surface area is 124 Å². The summed E-state index contributed by atoms with van der Waals surface area (Å²) < 4.78 is 22.7. The first-order valence-electron chi connectivity index (χ1n) is 7.21. The van der Waals surface area contributed by atoms with E-state index in [1.54, 1.807) is 6.92 Å². The average Bonchev–Trinajstić information content (AvgIpc) is 2.41. The third kappa shape index (κ3) is 3.87.